The van der Waals surface area contributed by atoms with Crippen molar-refractivity contribution in [2.75, 3.05) is 31.2 Å². The first kappa shape index (κ1) is 16.1. The van der Waals surface area contributed by atoms with Crippen molar-refractivity contribution in [2.45, 2.75) is 0 Å². The minimum absolute atomic E-state index is 0.0164. The molecule has 0 fully saturated rings. The Morgan fingerprint density at radius 1 is 1.20 bits per heavy atom. The average Bonchev–Trinajstić information content (AvgIpc) is 2.37. The van der Waals surface area contributed by atoms with Gasteiger partial charge in [-0.15, -0.1) is 0 Å². The summed E-state index contributed by atoms with van der Waals surface area (Å²) < 4.78 is 30.7. The van der Waals surface area contributed by atoms with E-state index in [0.29, 0.717) is 11.4 Å². The number of nitrogens with one attached hydrogen (secondary N) is 2. The number of benzene rings is 1. The highest BCUT2D eigenvalue weighted by atomic mass is 32.2. The first-order valence-corrected chi connectivity index (χ1v) is 7.53. The van der Waals surface area contributed by atoms with Gasteiger partial charge in [-0.2, -0.15) is 0 Å². The van der Waals surface area contributed by atoms with Gasteiger partial charge >= 0.3 is 6.03 Å². The van der Waals surface area contributed by atoms with Crippen LogP contribution in [0.25, 0.3) is 0 Å². The summed E-state index contributed by atoms with van der Waals surface area (Å²) in [7, 11) is -3.45. The van der Waals surface area contributed by atoms with Crippen LogP contribution in [-0.2, 0) is 10.0 Å². The number of carbonyl (C=O) groups excluding carboxylic acids is 1. The summed E-state index contributed by atoms with van der Waals surface area (Å²) in [6.45, 7) is 0.225. The van der Waals surface area contributed by atoms with Gasteiger partial charge < -0.3 is 21.5 Å². The van der Waals surface area contributed by atoms with Gasteiger partial charge in [-0.25, -0.2) is 17.9 Å². The number of urea groups is 1. The van der Waals surface area contributed by atoms with Gasteiger partial charge in [0.15, 0.2) is 0 Å². The van der Waals surface area contributed by atoms with Gasteiger partial charge in [0, 0.05) is 18.8 Å². The quantitative estimate of drug-likeness (QED) is 0.369. The van der Waals surface area contributed by atoms with Gasteiger partial charge in [0.2, 0.25) is 10.0 Å². The lowest BCUT2D eigenvalue weighted by Gasteiger charge is -2.08. The van der Waals surface area contributed by atoms with Crippen molar-refractivity contribution < 1.29 is 17.9 Å². The van der Waals surface area contributed by atoms with Crippen molar-refractivity contribution in [3.05, 3.63) is 24.3 Å². The molecule has 6 N–H and O–H groups in total. The van der Waals surface area contributed by atoms with Crippen LogP contribution in [0.15, 0.2) is 24.3 Å². The number of anilines is 1. The Labute approximate surface area is 117 Å². The fraction of sp³-hybridized carbons (Fsp3) is 0.364. The van der Waals surface area contributed by atoms with Crippen molar-refractivity contribution in [2.24, 2.45) is 5.73 Å². The summed E-state index contributed by atoms with van der Waals surface area (Å²) in [5.74, 6) is 0.360. The summed E-state index contributed by atoms with van der Waals surface area (Å²) in [6.07, 6.45) is 0. The van der Waals surface area contributed by atoms with Gasteiger partial charge in [-0.1, -0.05) is 0 Å². The molecule has 0 spiro atoms. The Bertz CT molecular complexity index is 530. The normalized spacial score (nSPS) is 11.0. The van der Waals surface area contributed by atoms with Gasteiger partial charge in [-0.05, 0) is 24.3 Å². The Morgan fingerprint density at radius 2 is 1.85 bits per heavy atom. The van der Waals surface area contributed by atoms with Crippen LogP contribution in [0.2, 0.25) is 0 Å². The Morgan fingerprint density at radius 3 is 2.45 bits per heavy atom. The standard InChI is InChI=1S/C11H18N4O4S/c12-9-1-3-10(4-2-9)19-7-8-20(17,18)15-6-5-14-11(13)16/h1-4,15H,5-8,12H2,(H3,13,14,16). The molecule has 0 unspecified atom stereocenters. The molecule has 1 rings (SSSR count). The highest BCUT2D eigenvalue weighted by molar-refractivity contribution is 7.89. The third-order valence-corrected chi connectivity index (χ3v) is 3.60. The van der Waals surface area contributed by atoms with E-state index in [9.17, 15) is 13.2 Å². The summed E-state index contributed by atoms with van der Waals surface area (Å²) in [4.78, 5) is 10.4. The topological polar surface area (TPSA) is 137 Å². The molecule has 8 nitrogen and oxygen atoms in total. The zero-order valence-electron chi connectivity index (χ0n) is 10.8. The third-order valence-electron chi connectivity index (χ3n) is 2.25. The van der Waals surface area contributed by atoms with E-state index in [2.05, 4.69) is 10.0 Å². The van der Waals surface area contributed by atoms with Gasteiger partial charge in [0.05, 0.1) is 5.75 Å². The molecular formula is C11H18N4O4S. The number of hydrogen-bond acceptors (Lipinski definition) is 5. The molecule has 1 aromatic carbocycles. The van der Waals surface area contributed by atoms with E-state index in [0.717, 1.165) is 0 Å². The number of sulfonamides is 1. The maximum absolute atomic E-state index is 11.6. The van der Waals surface area contributed by atoms with E-state index >= 15 is 0 Å². The van der Waals surface area contributed by atoms with Crippen molar-refractivity contribution in [1.29, 1.82) is 0 Å². The molecule has 0 radical (unpaired) electrons. The Kier molecular flexibility index (Phi) is 6.07. The molecule has 0 aromatic heterocycles. The van der Waals surface area contributed by atoms with Crippen LogP contribution < -0.4 is 26.2 Å². The highest BCUT2D eigenvalue weighted by Gasteiger charge is 2.09. The summed E-state index contributed by atoms with van der Waals surface area (Å²) in [6, 6.07) is 5.95. The van der Waals surface area contributed by atoms with Gasteiger partial charge in [0.1, 0.15) is 12.4 Å². The monoisotopic (exact) mass is 302 g/mol. The van der Waals surface area contributed by atoms with E-state index in [1.165, 1.54) is 0 Å². The third kappa shape index (κ3) is 6.81. The molecule has 0 bridgehead atoms. The molecule has 1 aromatic rings. The van der Waals surface area contributed by atoms with Crippen molar-refractivity contribution in [1.82, 2.24) is 10.0 Å². The number of nitrogen functional groups attached to an aromatic ring is 1. The molecular weight excluding hydrogens is 284 g/mol. The fourth-order valence-corrected chi connectivity index (χ4v) is 2.16. The summed E-state index contributed by atoms with van der Waals surface area (Å²) in [5.41, 5.74) is 11.0. The number of ether oxygens (including phenoxy) is 1. The first-order chi connectivity index (χ1) is 9.39. The van der Waals surface area contributed by atoms with E-state index in [1.807, 2.05) is 0 Å². The van der Waals surface area contributed by atoms with Crippen LogP contribution in [0.3, 0.4) is 0 Å². The second-order valence-electron chi connectivity index (χ2n) is 3.92. The van der Waals surface area contributed by atoms with E-state index in [-0.39, 0.29) is 25.4 Å². The maximum atomic E-state index is 11.6. The average molecular weight is 302 g/mol. The predicted octanol–water partition coefficient (Wildman–Crippen LogP) is -0.765. The number of amides is 2. The molecule has 9 heteroatoms. The van der Waals surface area contributed by atoms with Gasteiger partial charge in [-0.3, -0.25) is 0 Å². The van der Waals surface area contributed by atoms with Crippen molar-refractivity contribution in [3.63, 3.8) is 0 Å². The molecule has 0 aliphatic heterocycles. The smallest absolute Gasteiger partial charge is 0.312 e. The lowest BCUT2D eigenvalue weighted by Crippen LogP contribution is -2.38. The molecule has 0 aliphatic carbocycles. The number of primary amides is 1. The SMILES string of the molecule is NC(=O)NCCNS(=O)(=O)CCOc1ccc(N)cc1. The molecule has 0 saturated heterocycles. The molecule has 20 heavy (non-hydrogen) atoms. The maximum Gasteiger partial charge on any atom is 0.312 e. The fourth-order valence-electron chi connectivity index (χ4n) is 1.30. The minimum atomic E-state index is -3.45. The lowest BCUT2D eigenvalue weighted by atomic mass is 10.3. The van der Waals surface area contributed by atoms with Crippen LogP contribution >= 0.6 is 0 Å². The Hall–Kier alpha value is -2.00. The van der Waals surface area contributed by atoms with Crippen LogP contribution in [0.4, 0.5) is 10.5 Å². The zero-order valence-corrected chi connectivity index (χ0v) is 11.7. The number of nitrogens with two attached hydrogens (primary N) is 2. The second-order valence-corrected chi connectivity index (χ2v) is 5.85. The zero-order chi connectivity index (χ0) is 15.0. The van der Waals surface area contributed by atoms with E-state index in [4.69, 9.17) is 16.2 Å². The van der Waals surface area contributed by atoms with Crippen molar-refractivity contribution >= 4 is 21.7 Å². The molecule has 0 aliphatic rings. The van der Waals surface area contributed by atoms with Crippen LogP contribution in [0.1, 0.15) is 0 Å². The number of carbonyl (C=O) groups is 1. The number of rotatable bonds is 8. The van der Waals surface area contributed by atoms with Crippen molar-refractivity contribution in [3.8, 4) is 5.75 Å². The van der Waals surface area contributed by atoms with Gasteiger partial charge in [0.25, 0.3) is 0 Å². The molecule has 2 amide bonds. The predicted molar refractivity (Wildman–Crippen MR) is 75.7 cm³/mol. The highest BCUT2D eigenvalue weighted by Crippen LogP contribution is 2.12. The Balaban J connectivity index is 2.25. The second kappa shape index (κ2) is 7.56. The largest absolute Gasteiger partial charge is 0.492 e. The summed E-state index contributed by atoms with van der Waals surface area (Å²) in [5, 5.41) is 2.27. The number of hydrogen-bond donors (Lipinski definition) is 4. The lowest BCUT2D eigenvalue weighted by molar-refractivity contribution is 0.249. The van der Waals surface area contributed by atoms with Crippen LogP contribution in [0, 0.1) is 0 Å². The molecule has 112 valence electrons. The first-order valence-electron chi connectivity index (χ1n) is 5.88. The minimum Gasteiger partial charge on any atom is -0.492 e. The van der Waals surface area contributed by atoms with E-state index in [1.54, 1.807) is 24.3 Å². The molecule has 0 saturated carbocycles. The molecule has 0 heterocycles. The van der Waals surface area contributed by atoms with Crippen LogP contribution in [0.5, 0.6) is 5.75 Å². The summed E-state index contributed by atoms with van der Waals surface area (Å²) >= 11 is 0. The van der Waals surface area contributed by atoms with Crippen LogP contribution in [-0.4, -0.2) is 39.9 Å². The van der Waals surface area contributed by atoms with E-state index < -0.39 is 16.1 Å². The molecule has 0 atom stereocenters.